The van der Waals surface area contributed by atoms with E-state index in [0.717, 1.165) is 51.2 Å². The lowest BCUT2D eigenvalue weighted by Gasteiger charge is -2.25. The number of halogens is 1. The summed E-state index contributed by atoms with van der Waals surface area (Å²) in [5.41, 5.74) is 5.62. The summed E-state index contributed by atoms with van der Waals surface area (Å²) in [5, 5.41) is 0.513. The Balaban J connectivity index is 1.39. The standard InChI is InChI=1S/C42H38BrNO5/c1-46-35-16-12-32(13-17-35)27-44(24-23-30-7-4-3-5-8-30)28-39-41(48-29-33-14-18-36(47-2)19-15-33)22-21-38-40(45)26-37(49-42(38)39)20-11-31-9-6-10-34(43)25-31/h3-22,25-26H,23-24,27-29H2,1-2H3/b20-11+. The molecule has 7 heteroatoms. The first kappa shape index (κ1) is 33.8. The highest BCUT2D eigenvalue weighted by Gasteiger charge is 2.19. The third kappa shape index (κ3) is 9.08. The second kappa shape index (κ2) is 16.3. The van der Waals surface area contributed by atoms with Crippen molar-refractivity contribution in [3.63, 3.8) is 0 Å². The first-order chi connectivity index (χ1) is 24.0. The van der Waals surface area contributed by atoms with E-state index < -0.39 is 0 Å². The van der Waals surface area contributed by atoms with E-state index in [1.54, 1.807) is 26.4 Å². The van der Waals surface area contributed by atoms with Crippen LogP contribution in [0.25, 0.3) is 23.1 Å². The van der Waals surface area contributed by atoms with Gasteiger partial charge in [-0.15, -0.1) is 0 Å². The first-order valence-corrected chi connectivity index (χ1v) is 16.9. The van der Waals surface area contributed by atoms with Gasteiger partial charge in [-0.05, 0) is 83.3 Å². The van der Waals surface area contributed by atoms with Crippen LogP contribution in [-0.2, 0) is 26.1 Å². The molecule has 1 heterocycles. The minimum absolute atomic E-state index is 0.107. The molecule has 5 aromatic carbocycles. The van der Waals surface area contributed by atoms with Gasteiger partial charge >= 0.3 is 0 Å². The van der Waals surface area contributed by atoms with Crippen LogP contribution in [0.1, 0.15) is 33.6 Å². The van der Waals surface area contributed by atoms with Crippen molar-refractivity contribution in [3.8, 4) is 17.2 Å². The molecule has 0 fully saturated rings. The van der Waals surface area contributed by atoms with Gasteiger partial charge in [-0.3, -0.25) is 9.69 Å². The zero-order chi connectivity index (χ0) is 34.0. The Bertz CT molecular complexity index is 2070. The molecule has 0 aliphatic carbocycles. The lowest BCUT2D eigenvalue weighted by Crippen LogP contribution is -2.26. The van der Waals surface area contributed by atoms with Crippen molar-refractivity contribution in [2.24, 2.45) is 0 Å². The number of rotatable bonds is 14. The zero-order valence-corrected chi connectivity index (χ0v) is 29.2. The van der Waals surface area contributed by atoms with Crippen molar-refractivity contribution in [3.05, 3.63) is 170 Å². The Morgan fingerprint density at radius 3 is 2.12 bits per heavy atom. The Morgan fingerprint density at radius 1 is 0.714 bits per heavy atom. The SMILES string of the molecule is COc1ccc(COc2ccc3c(=O)cc(/C=C/c4cccc(Br)c4)oc3c2CN(CCc2ccccc2)Cc2ccc(OC)cc2)cc1. The molecular weight excluding hydrogens is 678 g/mol. The summed E-state index contributed by atoms with van der Waals surface area (Å²) in [7, 11) is 3.32. The predicted octanol–water partition coefficient (Wildman–Crippen LogP) is 9.57. The highest BCUT2D eigenvalue weighted by Crippen LogP contribution is 2.31. The van der Waals surface area contributed by atoms with Gasteiger partial charge in [0.15, 0.2) is 5.43 Å². The largest absolute Gasteiger partial charge is 0.497 e. The molecule has 0 aliphatic rings. The quantitative estimate of drug-likeness (QED) is 0.112. The second-order valence-electron chi connectivity index (χ2n) is 11.8. The fourth-order valence-electron chi connectivity index (χ4n) is 5.67. The average molecular weight is 717 g/mol. The summed E-state index contributed by atoms with van der Waals surface area (Å²) in [5.74, 6) is 2.73. The van der Waals surface area contributed by atoms with Crippen LogP contribution in [0.5, 0.6) is 17.2 Å². The number of benzene rings is 5. The average Bonchev–Trinajstić information content (AvgIpc) is 3.13. The Kier molecular flexibility index (Phi) is 11.3. The van der Waals surface area contributed by atoms with Gasteiger partial charge in [-0.2, -0.15) is 0 Å². The van der Waals surface area contributed by atoms with E-state index in [4.69, 9.17) is 18.6 Å². The van der Waals surface area contributed by atoms with Crippen LogP contribution in [0.3, 0.4) is 0 Å². The van der Waals surface area contributed by atoms with Crippen molar-refractivity contribution in [1.29, 1.82) is 0 Å². The normalized spacial score (nSPS) is 11.3. The van der Waals surface area contributed by atoms with Crippen LogP contribution in [-0.4, -0.2) is 25.7 Å². The van der Waals surface area contributed by atoms with Crippen LogP contribution in [0, 0.1) is 0 Å². The molecule has 49 heavy (non-hydrogen) atoms. The molecule has 6 aromatic rings. The molecule has 248 valence electrons. The molecule has 0 saturated heterocycles. The molecule has 0 N–H and O–H groups in total. The maximum Gasteiger partial charge on any atom is 0.193 e. The Labute approximate surface area is 295 Å². The van der Waals surface area contributed by atoms with Crippen molar-refractivity contribution in [2.75, 3.05) is 20.8 Å². The molecule has 0 amide bonds. The topological polar surface area (TPSA) is 61.1 Å². The zero-order valence-electron chi connectivity index (χ0n) is 27.6. The molecule has 6 rings (SSSR count). The number of hydrogen-bond acceptors (Lipinski definition) is 6. The number of hydrogen-bond donors (Lipinski definition) is 0. The molecule has 1 aromatic heterocycles. The summed E-state index contributed by atoms with van der Waals surface area (Å²) in [4.78, 5) is 15.9. The monoisotopic (exact) mass is 715 g/mol. The van der Waals surface area contributed by atoms with Crippen LogP contribution in [0.4, 0.5) is 0 Å². The van der Waals surface area contributed by atoms with Gasteiger partial charge in [0.25, 0.3) is 0 Å². The molecule has 0 unspecified atom stereocenters. The van der Waals surface area contributed by atoms with E-state index in [-0.39, 0.29) is 5.43 Å². The third-order valence-corrected chi connectivity index (χ3v) is 8.82. The van der Waals surface area contributed by atoms with E-state index in [9.17, 15) is 4.79 Å². The van der Waals surface area contributed by atoms with E-state index >= 15 is 0 Å². The van der Waals surface area contributed by atoms with Gasteiger partial charge in [-0.1, -0.05) is 88.7 Å². The van der Waals surface area contributed by atoms with Crippen molar-refractivity contribution >= 4 is 39.1 Å². The van der Waals surface area contributed by atoms with E-state index in [1.165, 1.54) is 5.56 Å². The van der Waals surface area contributed by atoms with Gasteiger partial charge in [0.05, 0.1) is 25.2 Å². The van der Waals surface area contributed by atoms with E-state index in [2.05, 4.69) is 57.2 Å². The Hall–Kier alpha value is -5.11. The van der Waals surface area contributed by atoms with Gasteiger partial charge in [-0.25, -0.2) is 0 Å². The van der Waals surface area contributed by atoms with Crippen LogP contribution >= 0.6 is 15.9 Å². The maximum atomic E-state index is 13.5. The van der Waals surface area contributed by atoms with Crippen molar-refractivity contribution < 1.29 is 18.6 Å². The molecule has 0 atom stereocenters. The van der Waals surface area contributed by atoms with Crippen LogP contribution < -0.4 is 19.6 Å². The van der Waals surface area contributed by atoms with E-state index in [1.807, 2.05) is 84.9 Å². The maximum absolute atomic E-state index is 13.5. The minimum Gasteiger partial charge on any atom is -0.497 e. The number of nitrogens with zero attached hydrogens (tertiary/aromatic N) is 1. The van der Waals surface area contributed by atoms with Crippen molar-refractivity contribution in [2.45, 2.75) is 26.1 Å². The first-order valence-electron chi connectivity index (χ1n) is 16.2. The smallest absolute Gasteiger partial charge is 0.193 e. The van der Waals surface area contributed by atoms with Gasteiger partial charge < -0.3 is 18.6 Å². The second-order valence-corrected chi connectivity index (χ2v) is 12.7. The molecule has 0 aliphatic heterocycles. The highest BCUT2D eigenvalue weighted by molar-refractivity contribution is 9.10. The Morgan fingerprint density at radius 2 is 1.43 bits per heavy atom. The molecule has 6 nitrogen and oxygen atoms in total. The molecule has 0 bridgehead atoms. The molecule has 0 saturated carbocycles. The van der Waals surface area contributed by atoms with Gasteiger partial charge in [0, 0.05) is 30.2 Å². The molecule has 0 spiro atoms. The number of methoxy groups -OCH3 is 2. The fourth-order valence-corrected chi connectivity index (χ4v) is 6.09. The summed E-state index contributed by atoms with van der Waals surface area (Å²) in [6, 6.07) is 39.6. The summed E-state index contributed by atoms with van der Waals surface area (Å²) >= 11 is 3.53. The van der Waals surface area contributed by atoms with Gasteiger partial charge in [0.1, 0.15) is 35.2 Å². The summed E-state index contributed by atoms with van der Waals surface area (Å²) in [6.07, 6.45) is 4.63. The predicted molar refractivity (Wildman–Crippen MR) is 200 cm³/mol. The molecular formula is C42H38BrNO5. The summed E-state index contributed by atoms with van der Waals surface area (Å²) < 4.78 is 24.8. The third-order valence-electron chi connectivity index (χ3n) is 8.32. The van der Waals surface area contributed by atoms with Crippen LogP contribution in [0.2, 0.25) is 0 Å². The fraction of sp³-hybridized carbons (Fsp3) is 0.167. The van der Waals surface area contributed by atoms with Gasteiger partial charge in [0.2, 0.25) is 0 Å². The lowest BCUT2D eigenvalue weighted by molar-refractivity contribution is 0.248. The number of ether oxygens (including phenoxy) is 3. The minimum atomic E-state index is -0.107. The van der Waals surface area contributed by atoms with Crippen molar-refractivity contribution in [1.82, 2.24) is 4.90 Å². The summed E-state index contributed by atoms with van der Waals surface area (Å²) in [6.45, 7) is 2.29. The number of fused-ring (bicyclic) bond motifs is 1. The lowest BCUT2D eigenvalue weighted by atomic mass is 10.1. The highest BCUT2D eigenvalue weighted by atomic mass is 79.9. The molecule has 0 radical (unpaired) electrons. The van der Waals surface area contributed by atoms with Crippen LogP contribution in [0.15, 0.2) is 135 Å². The van der Waals surface area contributed by atoms with E-state index in [0.29, 0.717) is 42.2 Å².